The maximum Gasteiger partial charge on any atom is 0.331 e. The second-order valence-electron chi connectivity index (χ2n) is 5.72. The Balaban J connectivity index is 1.88. The zero-order valence-electron chi connectivity index (χ0n) is 16.0. The summed E-state index contributed by atoms with van der Waals surface area (Å²) < 4.78 is 20.8. The van der Waals surface area contributed by atoms with E-state index in [4.69, 9.17) is 14.2 Å². The summed E-state index contributed by atoms with van der Waals surface area (Å²) >= 11 is 0. The van der Waals surface area contributed by atoms with Crippen molar-refractivity contribution in [3.05, 3.63) is 42.2 Å². The maximum absolute atomic E-state index is 11.8. The van der Waals surface area contributed by atoms with Crippen molar-refractivity contribution in [2.45, 2.75) is 26.7 Å². The van der Waals surface area contributed by atoms with Gasteiger partial charge in [-0.3, -0.25) is 4.79 Å². The third-order valence-electron chi connectivity index (χ3n) is 3.49. The molecule has 1 aromatic carbocycles. The summed E-state index contributed by atoms with van der Waals surface area (Å²) in [6, 6.07) is 6.87. The average molecular weight is 388 g/mol. The first-order chi connectivity index (χ1) is 13.6. The van der Waals surface area contributed by atoms with Gasteiger partial charge in [0.15, 0.2) is 23.9 Å². The van der Waals surface area contributed by atoms with Gasteiger partial charge in [0.05, 0.1) is 13.2 Å². The number of carbonyl (C=O) groups excluding carboxylic acids is 2. The number of carbonyl (C=O) groups is 2. The fourth-order valence-corrected chi connectivity index (χ4v) is 2.15. The van der Waals surface area contributed by atoms with E-state index in [0.717, 1.165) is 18.4 Å². The van der Waals surface area contributed by atoms with Crippen LogP contribution in [0.25, 0.3) is 6.08 Å². The van der Waals surface area contributed by atoms with E-state index in [0.29, 0.717) is 24.7 Å². The predicted octanol–water partition coefficient (Wildman–Crippen LogP) is 3.45. The van der Waals surface area contributed by atoms with E-state index in [1.807, 2.05) is 13.0 Å². The Labute approximate surface area is 163 Å². The van der Waals surface area contributed by atoms with Gasteiger partial charge in [-0.2, -0.15) is 0 Å². The van der Waals surface area contributed by atoms with Crippen LogP contribution in [0.4, 0.5) is 5.82 Å². The van der Waals surface area contributed by atoms with Gasteiger partial charge in [0.1, 0.15) is 6.26 Å². The number of aromatic nitrogens is 1. The van der Waals surface area contributed by atoms with Gasteiger partial charge in [-0.05, 0) is 37.1 Å². The second-order valence-corrected chi connectivity index (χ2v) is 5.72. The smallest absolute Gasteiger partial charge is 0.331 e. The minimum Gasteiger partial charge on any atom is -0.490 e. The molecule has 1 amide bonds. The van der Waals surface area contributed by atoms with Crippen molar-refractivity contribution in [3.8, 4) is 11.5 Å². The summed E-state index contributed by atoms with van der Waals surface area (Å²) in [6.45, 7) is 4.68. The molecule has 0 saturated heterocycles. The number of nitrogens with one attached hydrogen (secondary N) is 1. The number of amides is 1. The van der Waals surface area contributed by atoms with Crippen LogP contribution in [-0.4, -0.2) is 36.9 Å². The molecule has 150 valence electrons. The molecule has 1 N–H and O–H groups in total. The molecule has 0 fully saturated rings. The fraction of sp³-hybridized carbons (Fsp3) is 0.350. The molecule has 0 radical (unpaired) electrons. The van der Waals surface area contributed by atoms with E-state index in [2.05, 4.69) is 21.9 Å². The van der Waals surface area contributed by atoms with E-state index in [-0.39, 0.29) is 5.82 Å². The highest BCUT2D eigenvalue weighted by molar-refractivity contribution is 5.94. The molecule has 0 bridgehead atoms. The number of benzene rings is 1. The van der Waals surface area contributed by atoms with Gasteiger partial charge in [-0.1, -0.05) is 24.6 Å². The predicted molar refractivity (Wildman–Crippen MR) is 103 cm³/mol. The van der Waals surface area contributed by atoms with Crippen molar-refractivity contribution >= 4 is 23.8 Å². The first-order valence-electron chi connectivity index (χ1n) is 9.07. The van der Waals surface area contributed by atoms with Crippen LogP contribution in [0.5, 0.6) is 11.5 Å². The number of hydrogen-bond acceptors (Lipinski definition) is 7. The van der Waals surface area contributed by atoms with Crippen molar-refractivity contribution < 1.29 is 28.3 Å². The Morgan fingerprint density at radius 3 is 2.75 bits per heavy atom. The lowest BCUT2D eigenvalue weighted by Gasteiger charge is -2.12. The molecular formula is C20H24N2O6. The molecule has 0 spiro atoms. The molecule has 8 heteroatoms. The van der Waals surface area contributed by atoms with Crippen molar-refractivity contribution in [1.29, 1.82) is 0 Å². The fourth-order valence-electron chi connectivity index (χ4n) is 2.15. The zero-order chi connectivity index (χ0) is 20.2. The third-order valence-corrected chi connectivity index (χ3v) is 3.49. The van der Waals surface area contributed by atoms with Crippen molar-refractivity contribution in [3.63, 3.8) is 0 Å². The molecule has 0 unspecified atom stereocenters. The molecular weight excluding hydrogens is 364 g/mol. The first kappa shape index (κ1) is 21.0. The third kappa shape index (κ3) is 7.14. The van der Waals surface area contributed by atoms with Crippen molar-refractivity contribution in [1.82, 2.24) is 5.16 Å². The molecule has 0 aliphatic heterocycles. The summed E-state index contributed by atoms with van der Waals surface area (Å²) in [4.78, 5) is 23.4. The van der Waals surface area contributed by atoms with Gasteiger partial charge < -0.3 is 24.1 Å². The summed E-state index contributed by atoms with van der Waals surface area (Å²) in [5, 5.41) is 5.95. The van der Waals surface area contributed by atoms with E-state index in [1.54, 1.807) is 18.2 Å². The number of hydrogen-bond donors (Lipinski definition) is 1. The van der Waals surface area contributed by atoms with Crippen molar-refractivity contribution in [2.24, 2.45) is 0 Å². The molecule has 0 atom stereocenters. The van der Waals surface area contributed by atoms with Crippen molar-refractivity contribution in [2.75, 3.05) is 25.1 Å². The summed E-state index contributed by atoms with van der Waals surface area (Å²) in [6.07, 6.45) is 6.15. The van der Waals surface area contributed by atoms with Crippen LogP contribution < -0.4 is 14.8 Å². The van der Waals surface area contributed by atoms with Crippen LogP contribution in [-0.2, 0) is 14.3 Å². The second kappa shape index (κ2) is 11.4. The van der Waals surface area contributed by atoms with Crippen LogP contribution in [0.1, 0.15) is 32.3 Å². The molecule has 0 aliphatic carbocycles. The topological polar surface area (TPSA) is 99.9 Å². The highest BCUT2D eigenvalue weighted by Crippen LogP contribution is 2.29. The van der Waals surface area contributed by atoms with Crippen LogP contribution in [0.2, 0.25) is 0 Å². The van der Waals surface area contributed by atoms with Crippen LogP contribution >= 0.6 is 0 Å². The van der Waals surface area contributed by atoms with Gasteiger partial charge in [-0.15, -0.1) is 0 Å². The molecule has 2 rings (SSSR count). The number of rotatable bonds is 11. The molecule has 8 nitrogen and oxygen atoms in total. The molecule has 1 aromatic heterocycles. The Hall–Kier alpha value is -3.29. The Morgan fingerprint density at radius 2 is 2.04 bits per heavy atom. The van der Waals surface area contributed by atoms with E-state index < -0.39 is 18.5 Å². The highest BCUT2D eigenvalue weighted by Gasteiger charge is 2.08. The SMILES string of the molecule is CCCCOc1ccc(/C=C/C(=O)OCC(=O)Nc2ccon2)cc1OCC. The number of nitrogens with zero attached hydrogens (tertiary/aromatic N) is 1. The Kier molecular flexibility index (Phi) is 8.58. The minimum atomic E-state index is -0.642. The van der Waals surface area contributed by atoms with Gasteiger partial charge >= 0.3 is 5.97 Å². The summed E-state index contributed by atoms with van der Waals surface area (Å²) in [5.74, 6) is 0.376. The molecule has 0 saturated carbocycles. The number of anilines is 1. The van der Waals surface area contributed by atoms with Gasteiger partial charge in [0.2, 0.25) is 0 Å². The number of esters is 1. The summed E-state index contributed by atoms with van der Waals surface area (Å²) in [7, 11) is 0. The van der Waals surface area contributed by atoms with Gasteiger partial charge in [0, 0.05) is 12.1 Å². The van der Waals surface area contributed by atoms with Crippen LogP contribution in [0, 0.1) is 0 Å². The Bertz CT molecular complexity index is 786. The normalized spacial score (nSPS) is 10.6. The molecule has 1 heterocycles. The first-order valence-corrected chi connectivity index (χ1v) is 9.07. The van der Waals surface area contributed by atoms with Crippen LogP contribution in [0.15, 0.2) is 41.1 Å². The van der Waals surface area contributed by atoms with Gasteiger partial charge in [0.25, 0.3) is 5.91 Å². The lowest BCUT2D eigenvalue weighted by molar-refractivity contribution is -0.142. The molecule has 28 heavy (non-hydrogen) atoms. The van der Waals surface area contributed by atoms with E-state index >= 15 is 0 Å². The largest absolute Gasteiger partial charge is 0.490 e. The monoisotopic (exact) mass is 388 g/mol. The Morgan fingerprint density at radius 1 is 1.18 bits per heavy atom. The highest BCUT2D eigenvalue weighted by atomic mass is 16.5. The lowest BCUT2D eigenvalue weighted by atomic mass is 10.2. The quantitative estimate of drug-likeness (QED) is 0.357. The van der Waals surface area contributed by atoms with E-state index in [9.17, 15) is 9.59 Å². The van der Waals surface area contributed by atoms with E-state index in [1.165, 1.54) is 18.4 Å². The standard InChI is InChI=1S/C20H24N2O6/c1-3-5-11-26-16-8-6-15(13-17(16)25-4-2)7-9-20(24)27-14-19(23)21-18-10-12-28-22-18/h6-10,12-13H,3-5,11,14H2,1-2H3,(H,21,22,23)/b9-7+. The van der Waals surface area contributed by atoms with Crippen LogP contribution in [0.3, 0.4) is 0 Å². The number of ether oxygens (including phenoxy) is 3. The summed E-state index contributed by atoms with van der Waals surface area (Å²) in [5.41, 5.74) is 0.746. The molecule has 2 aromatic rings. The van der Waals surface area contributed by atoms with Gasteiger partial charge in [-0.25, -0.2) is 4.79 Å². The maximum atomic E-state index is 11.8. The lowest BCUT2D eigenvalue weighted by Crippen LogP contribution is -2.20. The molecule has 0 aliphatic rings. The minimum absolute atomic E-state index is 0.251. The zero-order valence-corrected chi connectivity index (χ0v) is 16.0. The average Bonchev–Trinajstić information content (AvgIpc) is 3.19. The number of unbranched alkanes of at least 4 members (excludes halogenated alkanes) is 1.